The third kappa shape index (κ3) is 2.81. The predicted octanol–water partition coefficient (Wildman–Crippen LogP) is 3.29. The standard InChI is InChI=1S/C20H20N6O/c27-15-7-6-13-3-1-5-17(16(13)9-15)21-10-14-4-2-8-26(14)20-18-19(23-11-22-18)24-12-25-20/h1,3,5-7,9,11-12,14,21,27H,2,4,8,10H2,(H,22,23,24,25)/t14-/m1/s1. The van der Waals surface area contributed by atoms with Crippen LogP contribution in [0.2, 0.25) is 0 Å². The van der Waals surface area contributed by atoms with Crippen LogP contribution in [0.4, 0.5) is 11.5 Å². The number of phenols is 1. The average Bonchev–Trinajstić information content (AvgIpc) is 3.35. The van der Waals surface area contributed by atoms with Gasteiger partial charge in [-0.2, -0.15) is 0 Å². The van der Waals surface area contributed by atoms with Crippen molar-refractivity contribution in [1.82, 2.24) is 19.9 Å². The van der Waals surface area contributed by atoms with Gasteiger partial charge in [-0.25, -0.2) is 15.0 Å². The van der Waals surface area contributed by atoms with Gasteiger partial charge in [0.05, 0.1) is 6.33 Å². The molecule has 0 radical (unpaired) electrons. The first-order valence-electron chi connectivity index (χ1n) is 9.16. The molecule has 0 spiro atoms. The number of aromatic hydroxyl groups is 1. The number of phenolic OH excluding ortho intramolecular Hbond substituents is 1. The number of hydrogen-bond donors (Lipinski definition) is 3. The molecule has 27 heavy (non-hydrogen) atoms. The Morgan fingerprint density at radius 3 is 3.11 bits per heavy atom. The predicted molar refractivity (Wildman–Crippen MR) is 106 cm³/mol. The van der Waals surface area contributed by atoms with Crippen molar-refractivity contribution in [3.63, 3.8) is 0 Å². The highest BCUT2D eigenvalue weighted by Gasteiger charge is 2.27. The molecule has 0 saturated carbocycles. The molecule has 1 aliphatic heterocycles. The summed E-state index contributed by atoms with van der Waals surface area (Å²) in [6, 6.07) is 11.9. The fraction of sp³-hybridized carbons (Fsp3) is 0.250. The molecule has 7 heteroatoms. The van der Waals surface area contributed by atoms with Gasteiger partial charge in [0.25, 0.3) is 0 Å². The molecule has 0 amide bonds. The van der Waals surface area contributed by atoms with Gasteiger partial charge in [-0.15, -0.1) is 0 Å². The first-order valence-corrected chi connectivity index (χ1v) is 9.16. The molecule has 1 atom stereocenters. The highest BCUT2D eigenvalue weighted by Crippen LogP contribution is 2.30. The number of benzene rings is 2. The number of fused-ring (bicyclic) bond motifs is 2. The summed E-state index contributed by atoms with van der Waals surface area (Å²) in [4.78, 5) is 18.5. The summed E-state index contributed by atoms with van der Waals surface area (Å²) in [7, 11) is 0. The molecule has 1 aliphatic rings. The summed E-state index contributed by atoms with van der Waals surface area (Å²) in [5.41, 5.74) is 2.62. The Hall–Kier alpha value is -3.35. The zero-order chi connectivity index (χ0) is 18.2. The number of nitrogens with one attached hydrogen (secondary N) is 2. The van der Waals surface area contributed by atoms with Gasteiger partial charge in [0.2, 0.25) is 0 Å². The Labute approximate surface area is 156 Å². The van der Waals surface area contributed by atoms with Gasteiger partial charge in [-0.05, 0) is 36.4 Å². The monoisotopic (exact) mass is 360 g/mol. The van der Waals surface area contributed by atoms with Gasteiger partial charge < -0.3 is 20.3 Å². The van der Waals surface area contributed by atoms with E-state index in [4.69, 9.17) is 0 Å². The molecule has 1 fully saturated rings. The van der Waals surface area contributed by atoms with Gasteiger partial charge in [-0.3, -0.25) is 0 Å². The molecule has 3 N–H and O–H groups in total. The normalized spacial score (nSPS) is 17.0. The number of anilines is 2. The maximum atomic E-state index is 9.85. The van der Waals surface area contributed by atoms with E-state index in [1.165, 1.54) is 0 Å². The maximum Gasteiger partial charge on any atom is 0.182 e. The number of imidazole rings is 1. The lowest BCUT2D eigenvalue weighted by Gasteiger charge is -2.26. The van der Waals surface area contributed by atoms with E-state index >= 15 is 0 Å². The lowest BCUT2D eigenvalue weighted by Crippen LogP contribution is -2.35. The molecule has 1 saturated heterocycles. The maximum absolute atomic E-state index is 9.85. The first-order chi connectivity index (χ1) is 13.3. The zero-order valence-corrected chi connectivity index (χ0v) is 14.8. The summed E-state index contributed by atoms with van der Waals surface area (Å²) >= 11 is 0. The summed E-state index contributed by atoms with van der Waals surface area (Å²) in [6.45, 7) is 1.77. The lowest BCUT2D eigenvalue weighted by atomic mass is 10.1. The second-order valence-electron chi connectivity index (χ2n) is 6.88. The van der Waals surface area contributed by atoms with Crippen LogP contribution >= 0.6 is 0 Å². The minimum absolute atomic E-state index is 0.280. The van der Waals surface area contributed by atoms with Crippen LogP contribution in [0.1, 0.15) is 12.8 Å². The van der Waals surface area contributed by atoms with E-state index in [1.54, 1.807) is 18.7 Å². The zero-order valence-electron chi connectivity index (χ0n) is 14.8. The number of hydrogen-bond acceptors (Lipinski definition) is 6. The Morgan fingerprint density at radius 1 is 1.19 bits per heavy atom. The highest BCUT2D eigenvalue weighted by atomic mass is 16.3. The van der Waals surface area contributed by atoms with Crippen LogP contribution in [0.3, 0.4) is 0 Å². The van der Waals surface area contributed by atoms with Crippen molar-refractivity contribution in [3.8, 4) is 5.75 Å². The molecule has 0 unspecified atom stereocenters. The Balaban J connectivity index is 1.41. The molecule has 7 nitrogen and oxygen atoms in total. The number of H-pyrrole nitrogens is 1. The van der Waals surface area contributed by atoms with E-state index in [9.17, 15) is 5.11 Å². The Kier molecular flexibility index (Phi) is 3.78. The van der Waals surface area contributed by atoms with Crippen LogP contribution in [0.5, 0.6) is 5.75 Å². The molecular formula is C20H20N6O. The largest absolute Gasteiger partial charge is 0.508 e. The van der Waals surface area contributed by atoms with E-state index in [1.807, 2.05) is 18.2 Å². The smallest absolute Gasteiger partial charge is 0.182 e. The molecule has 3 heterocycles. The minimum Gasteiger partial charge on any atom is -0.508 e. The fourth-order valence-corrected chi connectivity index (χ4v) is 3.94. The molecule has 2 aromatic heterocycles. The van der Waals surface area contributed by atoms with Crippen LogP contribution in [0.15, 0.2) is 49.1 Å². The van der Waals surface area contributed by atoms with Gasteiger partial charge in [-0.1, -0.05) is 18.2 Å². The summed E-state index contributed by atoms with van der Waals surface area (Å²) < 4.78 is 0. The van der Waals surface area contributed by atoms with E-state index in [0.717, 1.165) is 53.7 Å². The molecule has 0 aliphatic carbocycles. The molecular weight excluding hydrogens is 340 g/mol. The molecule has 5 rings (SSSR count). The van der Waals surface area contributed by atoms with Crippen LogP contribution < -0.4 is 10.2 Å². The van der Waals surface area contributed by atoms with Crippen molar-refractivity contribution in [3.05, 3.63) is 49.1 Å². The van der Waals surface area contributed by atoms with Crippen molar-refractivity contribution in [2.24, 2.45) is 0 Å². The summed E-state index contributed by atoms with van der Waals surface area (Å²) in [5.74, 6) is 1.19. The SMILES string of the molecule is Oc1ccc2cccc(NC[C@H]3CCCN3c3ncnc4nc[nH]c34)c2c1. The quantitative estimate of drug-likeness (QED) is 0.517. The molecule has 2 aromatic carbocycles. The number of rotatable bonds is 4. The fourth-order valence-electron chi connectivity index (χ4n) is 3.94. The molecule has 136 valence electrons. The van der Waals surface area contributed by atoms with Crippen LogP contribution in [0.25, 0.3) is 21.9 Å². The Bertz CT molecular complexity index is 1110. The van der Waals surface area contributed by atoms with E-state index < -0.39 is 0 Å². The van der Waals surface area contributed by atoms with E-state index in [0.29, 0.717) is 11.7 Å². The average molecular weight is 360 g/mol. The second kappa shape index (κ2) is 6.42. The van der Waals surface area contributed by atoms with Gasteiger partial charge in [0.1, 0.15) is 17.6 Å². The van der Waals surface area contributed by atoms with Crippen molar-refractivity contribution in [1.29, 1.82) is 0 Å². The number of nitrogens with zero attached hydrogens (tertiary/aromatic N) is 4. The van der Waals surface area contributed by atoms with Gasteiger partial charge >= 0.3 is 0 Å². The molecule has 4 aromatic rings. The highest BCUT2D eigenvalue weighted by molar-refractivity contribution is 5.94. The topological polar surface area (TPSA) is 90.0 Å². The van der Waals surface area contributed by atoms with Crippen molar-refractivity contribution < 1.29 is 5.11 Å². The summed E-state index contributed by atoms with van der Waals surface area (Å²) in [5, 5.41) is 15.6. The van der Waals surface area contributed by atoms with Gasteiger partial charge in [0.15, 0.2) is 11.5 Å². The van der Waals surface area contributed by atoms with Crippen molar-refractivity contribution in [2.45, 2.75) is 18.9 Å². The third-order valence-electron chi connectivity index (χ3n) is 5.25. The minimum atomic E-state index is 0.280. The second-order valence-corrected chi connectivity index (χ2v) is 6.88. The lowest BCUT2D eigenvalue weighted by molar-refractivity contribution is 0.476. The Morgan fingerprint density at radius 2 is 2.15 bits per heavy atom. The van der Waals surface area contributed by atoms with Crippen LogP contribution in [-0.2, 0) is 0 Å². The molecule has 0 bridgehead atoms. The number of aromatic nitrogens is 4. The van der Waals surface area contributed by atoms with Gasteiger partial charge in [0, 0.05) is 30.2 Å². The summed E-state index contributed by atoms with van der Waals surface area (Å²) in [6.07, 6.45) is 5.47. The van der Waals surface area contributed by atoms with E-state index in [2.05, 4.69) is 42.3 Å². The number of aromatic amines is 1. The van der Waals surface area contributed by atoms with Crippen molar-refractivity contribution >= 4 is 33.4 Å². The third-order valence-corrected chi connectivity index (χ3v) is 5.25. The first kappa shape index (κ1) is 15.9. The van der Waals surface area contributed by atoms with E-state index in [-0.39, 0.29) is 5.75 Å². The van der Waals surface area contributed by atoms with Crippen LogP contribution in [-0.4, -0.2) is 44.2 Å². The van der Waals surface area contributed by atoms with Crippen LogP contribution in [0, 0.1) is 0 Å². The van der Waals surface area contributed by atoms with Crippen molar-refractivity contribution in [2.75, 3.05) is 23.3 Å².